The van der Waals surface area contributed by atoms with Crippen molar-refractivity contribution < 1.29 is 14.3 Å². The third kappa shape index (κ3) is 4.89. The van der Waals surface area contributed by atoms with E-state index in [2.05, 4.69) is 5.32 Å². The summed E-state index contributed by atoms with van der Waals surface area (Å²) in [6.45, 7) is 6.63. The molecule has 1 aromatic rings. The maximum absolute atomic E-state index is 11.7. The van der Waals surface area contributed by atoms with Gasteiger partial charge in [-0.3, -0.25) is 4.79 Å². The van der Waals surface area contributed by atoms with Crippen molar-refractivity contribution in [3.63, 3.8) is 0 Å². The van der Waals surface area contributed by atoms with E-state index in [-0.39, 0.29) is 24.4 Å². The Balaban J connectivity index is 2.41. The number of nitrogens with one attached hydrogen (secondary N) is 1. The van der Waals surface area contributed by atoms with Gasteiger partial charge in [0.05, 0.1) is 18.2 Å². The largest absolute Gasteiger partial charge is 0.467 e. The fourth-order valence-electron chi connectivity index (χ4n) is 1.70. The molecule has 1 unspecified atom stereocenters. The van der Waals surface area contributed by atoms with E-state index in [0.717, 1.165) is 0 Å². The molecule has 0 saturated carbocycles. The molecule has 102 valence electrons. The number of carbonyl (C=O) groups excluding carboxylic acids is 1. The molecule has 0 radical (unpaired) electrons. The van der Waals surface area contributed by atoms with Crippen LogP contribution in [-0.2, 0) is 6.54 Å². The Morgan fingerprint density at radius 2 is 2.22 bits per heavy atom. The second-order valence-electron chi connectivity index (χ2n) is 5.63. The number of hydrogen-bond donors (Lipinski definition) is 3. The van der Waals surface area contributed by atoms with Crippen molar-refractivity contribution in [3.8, 4) is 0 Å². The van der Waals surface area contributed by atoms with Crippen LogP contribution < -0.4 is 11.1 Å². The molecule has 0 spiro atoms. The molecule has 0 aliphatic heterocycles. The summed E-state index contributed by atoms with van der Waals surface area (Å²) in [4.78, 5) is 11.7. The number of rotatable bonds is 5. The van der Waals surface area contributed by atoms with E-state index in [4.69, 9.17) is 10.2 Å². The van der Waals surface area contributed by atoms with Gasteiger partial charge in [-0.25, -0.2) is 0 Å². The predicted octanol–water partition coefficient (Wildman–Crippen LogP) is 1.27. The average molecular weight is 254 g/mol. The number of aliphatic hydroxyl groups excluding tert-OH is 1. The first kappa shape index (κ1) is 14.7. The number of nitrogens with two attached hydrogens (primary N) is 1. The zero-order valence-electron chi connectivity index (χ0n) is 11.2. The molecule has 5 heteroatoms. The molecule has 0 fully saturated rings. The fourth-order valence-corrected chi connectivity index (χ4v) is 1.70. The summed E-state index contributed by atoms with van der Waals surface area (Å²) in [5, 5.41) is 12.4. The van der Waals surface area contributed by atoms with Crippen molar-refractivity contribution in [3.05, 3.63) is 23.7 Å². The summed E-state index contributed by atoms with van der Waals surface area (Å²) in [5.74, 6) is 0.307. The molecule has 0 aromatic carbocycles. The van der Waals surface area contributed by atoms with Gasteiger partial charge in [0, 0.05) is 6.54 Å². The molecule has 0 saturated heterocycles. The summed E-state index contributed by atoms with van der Waals surface area (Å²) in [6.07, 6.45) is 1.45. The third-order valence-electron chi connectivity index (χ3n) is 2.46. The van der Waals surface area contributed by atoms with Crippen LogP contribution >= 0.6 is 0 Å². The first-order chi connectivity index (χ1) is 8.31. The van der Waals surface area contributed by atoms with E-state index in [9.17, 15) is 9.90 Å². The van der Waals surface area contributed by atoms with Crippen LogP contribution in [0.5, 0.6) is 0 Å². The molecule has 5 nitrogen and oxygen atoms in total. The lowest BCUT2D eigenvalue weighted by atomic mass is 9.89. The molecule has 1 aromatic heterocycles. The number of carbonyl (C=O) groups is 1. The topological polar surface area (TPSA) is 88.5 Å². The Kier molecular flexibility index (Phi) is 4.93. The van der Waals surface area contributed by atoms with Gasteiger partial charge in [-0.05, 0) is 17.9 Å². The number of aliphatic hydroxyl groups is 1. The molecule has 1 rings (SSSR count). The normalized spacial score (nSPS) is 13.4. The molecule has 0 bridgehead atoms. The molecule has 18 heavy (non-hydrogen) atoms. The first-order valence-corrected chi connectivity index (χ1v) is 6.05. The summed E-state index contributed by atoms with van der Waals surface area (Å²) < 4.78 is 5.07. The predicted molar refractivity (Wildman–Crippen MR) is 69.0 cm³/mol. The molecule has 0 aliphatic carbocycles. The highest BCUT2D eigenvalue weighted by molar-refractivity contribution is 5.93. The molecular weight excluding hydrogens is 232 g/mol. The van der Waals surface area contributed by atoms with Gasteiger partial charge in [-0.2, -0.15) is 0 Å². The van der Waals surface area contributed by atoms with Gasteiger partial charge < -0.3 is 20.6 Å². The van der Waals surface area contributed by atoms with Crippen molar-refractivity contribution in [2.45, 2.75) is 39.8 Å². The van der Waals surface area contributed by atoms with Crippen LogP contribution in [0.4, 0.5) is 0 Å². The van der Waals surface area contributed by atoms with Crippen molar-refractivity contribution >= 4 is 5.91 Å². The maximum atomic E-state index is 11.7. The van der Waals surface area contributed by atoms with Gasteiger partial charge in [0.15, 0.2) is 0 Å². The molecule has 1 atom stereocenters. The van der Waals surface area contributed by atoms with Gasteiger partial charge in [0.1, 0.15) is 12.0 Å². The van der Waals surface area contributed by atoms with E-state index in [1.54, 1.807) is 6.07 Å². The summed E-state index contributed by atoms with van der Waals surface area (Å²) >= 11 is 0. The smallest absolute Gasteiger partial charge is 0.254 e. The van der Waals surface area contributed by atoms with E-state index in [1.165, 1.54) is 6.26 Å². The summed E-state index contributed by atoms with van der Waals surface area (Å²) in [6, 6.07) is 1.60. The zero-order chi connectivity index (χ0) is 13.8. The number of hydrogen-bond acceptors (Lipinski definition) is 4. The van der Waals surface area contributed by atoms with E-state index < -0.39 is 6.10 Å². The Morgan fingerprint density at radius 3 is 2.72 bits per heavy atom. The van der Waals surface area contributed by atoms with Gasteiger partial charge in [0.25, 0.3) is 5.91 Å². The lowest BCUT2D eigenvalue weighted by molar-refractivity contribution is 0.0868. The van der Waals surface area contributed by atoms with Crippen LogP contribution in [-0.4, -0.2) is 23.7 Å². The van der Waals surface area contributed by atoms with Crippen molar-refractivity contribution in [2.75, 3.05) is 6.54 Å². The van der Waals surface area contributed by atoms with Crippen LogP contribution in [0, 0.1) is 5.41 Å². The zero-order valence-corrected chi connectivity index (χ0v) is 11.2. The standard InChI is InChI=1S/C13H22N2O3/c1-13(2,3)5-10(16)7-15-12(17)9-4-11(6-14)18-8-9/h4,8,10,16H,5-7,14H2,1-3H3,(H,15,17). The van der Waals surface area contributed by atoms with Crippen molar-refractivity contribution in [1.29, 1.82) is 0 Å². The van der Waals surface area contributed by atoms with Crippen LogP contribution in [0.25, 0.3) is 0 Å². The van der Waals surface area contributed by atoms with Crippen LogP contribution in [0.15, 0.2) is 16.7 Å². The maximum Gasteiger partial charge on any atom is 0.254 e. The molecular formula is C13H22N2O3. The average Bonchev–Trinajstić information content (AvgIpc) is 2.72. The number of amides is 1. The molecule has 1 heterocycles. The van der Waals surface area contributed by atoms with Crippen LogP contribution in [0.3, 0.4) is 0 Å². The highest BCUT2D eigenvalue weighted by Crippen LogP contribution is 2.20. The summed E-state index contributed by atoms with van der Waals surface area (Å²) in [5.41, 5.74) is 5.85. The minimum absolute atomic E-state index is 0.0342. The van der Waals surface area contributed by atoms with Crippen molar-refractivity contribution in [2.24, 2.45) is 11.1 Å². The monoisotopic (exact) mass is 254 g/mol. The van der Waals surface area contributed by atoms with Crippen LogP contribution in [0.2, 0.25) is 0 Å². The first-order valence-electron chi connectivity index (χ1n) is 6.05. The van der Waals surface area contributed by atoms with Gasteiger partial charge >= 0.3 is 0 Å². The minimum Gasteiger partial charge on any atom is -0.467 e. The lowest BCUT2D eigenvalue weighted by Gasteiger charge is -2.22. The second kappa shape index (κ2) is 6.02. The number of furan rings is 1. The third-order valence-corrected chi connectivity index (χ3v) is 2.46. The van der Waals surface area contributed by atoms with E-state index in [0.29, 0.717) is 17.7 Å². The fraction of sp³-hybridized carbons (Fsp3) is 0.615. The highest BCUT2D eigenvalue weighted by atomic mass is 16.3. The SMILES string of the molecule is CC(C)(C)CC(O)CNC(=O)c1coc(CN)c1. The minimum atomic E-state index is -0.546. The van der Waals surface area contributed by atoms with E-state index in [1.807, 2.05) is 20.8 Å². The Morgan fingerprint density at radius 1 is 1.56 bits per heavy atom. The van der Waals surface area contributed by atoms with Gasteiger partial charge in [-0.15, -0.1) is 0 Å². The Bertz CT molecular complexity index is 393. The highest BCUT2D eigenvalue weighted by Gasteiger charge is 2.18. The Labute approximate surface area is 107 Å². The molecule has 0 aliphatic rings. The Hall–Kier alpha value is -1.33. The van der Waals surface area contributed by atoms with Crippen LogP contribution in [0.1, 0.15) is 43.3 Å². The van der Waals surface area contributed by atoms with Crippen molar-refractivity contribution in [1.82, 2.24) is 5.32 Å². The quantitative estimate of drug-likeness (QED) is 0.738. The molecule has 4 N–H and O–H groups in total. The van der Waals surface area contributed by atoms with Gasteiger partial charge in [0.2, 0.25) is 0 Å². The lowest BCUT2D eigenvalue weighted by Crippen LogP contribution is -2.34. The molecule has 1 amide bonds. The second-order valence-corrected chi connectivity index (χ2v) is 5.63. The van der Waals surface area contributed by atoms with E-state index >= 15 is 0 Å². The van der Waals surface area contributed by atoms with Gasteiger partial charge in [-0.1, -0.05) is 20.8 Å². The summed E-state index contributed by atoms with van der Waals surface area (Å²) in [7, 11) is 0.